The number of methoxy groups -OCH3 is 3. The van der Waals surface area contributed by atoms with E-state index >= 15 is 0 Å². The first kappa shape index (κ1) is 27.6. The number of carbonyl (C=O) groups is 3. The predicted molar refractivity (Wildman–Crippen MR) is 147 cm³/mol. The van der Waals surface area contributed by atoms with Gasteiger partial charge in [0.25, 0.3) is 5.91 Å². The van der Waals surface area contributed by atoms with E-state index in [-0.39, 0.29) is 23.8 Å². The summed E-state index contributed by atoms with van der Waals surface area (Å²) in [6, 6.07) is 20.1. The van der Waals surface area contributed by atoms with Gasteiger partial charge in [-0.2, -0.15) is 0 Å². The van der Waals surface area contributed by atoms with E-state index < -0.39 is 17.8 Å². The SMILES string of the molecule is COC(=O)Cn1c(O)c(N=NC(=O)/C(=C/c2ccc(OC)c(OC)c2)NC(=O)c2ccccc2)c2ccccc21. The Hall–Kier alpha value is -5.45. The van der Waals surface area contributed by atoms with Crippen molar-refractivity contribution in [1.29, 1.82) is 0 Å². The second-order valence-electron chi connectivity index (χ2n) is 8.35. The minimum Gasteiger partial charge on any atom is -0.493 e. The number of rotatable bonds is 9. The van der Waals surface area contributed by atoms with Crippen LogP contribution in [0.25, 0.3) is 17.0 Å². The van der Waals surface area contributed by atoms with Crippen LogP contribution in [0.3, 0.4) is 0 Å². The first-order valence-corrected chi connectivity index (χ1v) is 12.0. The number of esters is 1. The molecule has 2 amide bonds. The fraction of sp³-hybridized carbons (Fsp3) is 0.138. The molecule has 4 aromatic rings. The number of carbonyl (C=O) groups excluding carboxylic acids is 3. The number of azo groups is 1. The Morgan fingerprint density at radius 1 is 0.925 bits per heavy atom. The summed E-state index contributed by atoms with van der Waals surface area (Å²) in [4.78, 5) is 38.1. The van der Waals surface area contributed by atoms with E-state index in [1.165, 1.54) is 32.0 Å². The highest BCUT2D eigenvalue weighted by Crippen LogP contribution is 2.39. The first-order valence-electron chi connectivity index (χ1n) is 12.0. The molecule has 204 valence electrons. The van der Waals surface area contributed by atoms with E-state index in [2.05, 4.69) is 15.5 Å². The average molecular weight is 543 g/mol. The lowest BCUT2D eigenvalue weighted by atomic mass is 10.1. The van der Waals surface area contributed by atoms with Crippen molar-refractivity contribution >= 4 is 40.4 Å². The molecule has 0 unspecified atom stereocenters. The number of hydrogen-bond acceptors (Lipinski definition) is 8. The maximum absolute atomic E-state index is 13.3. The van der Waals surface area contributed by atoms with Gasteiger partial charge in [-0.25, -0.2) is 0 Å². The zero-order valence-corrected chi connectivity index (χ0v) is 22.0. The molecule has 0 aliphatic heterocycles. The van der Waals surface area contributed by atoms with E-state index in [1.54, 1.807) is 72.8 Å². The van der Waals surface area contributed by atoms with Crippen LogP contribution < -0.4 is 14.8 Å². The van der Waals surface area contributed by atoms with E-state index in [1.807, 2.05) is 0 Å². The predicted octanol–water partition coefficient (Wildman–Crippen LogP) is 4.62. The maximum Gasteiger partial charge on any atom is 0.325 e. The van der Waals surface area contributed by atoms with Gasteiger partial charge in [0.1, 0.15) is 12.2 Å². The lowest BCUT2D eigenvalue weighted by Gasteiger charge is -2.10. The molecule has 0 saturated heterocycles. The molecular formula is C29H26N4O7. The molecule has 0 saturated carbocycles. The number of nitrogens with one attached hydrogen (secondary N) is 1. The van der Waals surface area contributed by atoms with Crippen LogP contribution in [0.4, 0.5) is 5.69 Å². The molecule has 11 heteroatoms. The monoisotopic (exact) mass is 542 g/mol. The van der Waals surface area contributed by atoms with E-state index in [0.717, 1.165) is 0 Å². The van der Waals surface area contributed by atoms with Gasteiger partial charge >= 0.3 is 11.9 Å². The zero-order chi connectivity index (χ0) is 28.6. The highest BCUT2D eigenvalue weighted by Gasteiger charge is 2.20. The number of nitrogens with zero attached hydrogens (tertiary/aromatic N) is 3. The molecule has 1 aromatic heterocycles. The molecule has 0 aliphatic carbocycles. The van der Waals surface area contributed by atoms with Crippen LogP contribution in [0.1, 0.15) is 15.9 Å². The van der Waals surface area contributed by atoms with Crippen molar-refractivity contribution in [3.05, 3.63) is 89.6 Å². The molecule has 3 aromatic carbocycles. The number of benzene rings is 3. The van der Waals surface area contributed by atoms with Crippen molar-refractivity contribution < 1.29 is 33.7 Å². The molecule has 4 rings (SSSR count). The Labute approximate surface area is 229 Å². The summed E-state index contributed by atoms with van der Waals surface area (Å²) in [5, 5.41) is 21.7. The molecule has 0 radical (unpaired) electrons. The number of para-hydroxylation sites is 1. The molecule has 1 heterocycles. The summed E-state index contributed by atoms with van der Waals surface area (Å²) in [5.41, 5.74) is 1.14. The third-order valence-electron chi connectivity index (χ3n) is 5.91. The zero-order valence-electron chi connectivity index (χ0n) is 22.0. The molecule has 0 spiro atoms. The molecule has 0 fully saturated rings. The van der Waals surface area contributed by atoms with Crippen LogP contribution in [0.2, 0.25) is 0 Å². The molecule has 0 atom stereocenters. The van der Waals surface area contributed by atoms with Gasteiger partial charge in [-0.05, 0) is 42.0 Å². The summed E-state index contributed by atoms with van der Waals surface area (Å²) >= 11 is 0. The Morgan fingerprint density at radius 2 is 1.62 bits per heavy atom. The van der Waals surface area contributed by atoms with Crippen LogP contribution in [-0.4, -0.2) is 48.8 Å². The van der Waals surface area contributed by atoms with Gasteiger partial charge in [0.2, 0.25) is 5.88 Å². The van der Waals surface area contributed by atoms with Crippen LogP contribution in [0.15, 0.2) is 88.7 Å². The standard InChI is InChI=1S/C29H26N4O7/c1-38-23-14-13-18(16-24(23)39-2)15-21(30-27(35)19-9-5-4-6-10-19)28(36)32-31-26-20-11-7-8-12-22(20)33(29(26)37)17-25(34)40-3/h4-16,37H,17H2,1-3H3,(H,30,35)/b21-15-,32-31?. The molecule has 40 heavy (non-hydrogen) atoms. The fourth-order valence-electron chi connectivity index (χ4n) is 3.92. The fourth-order valence-corrected chi connectivity index (χ4v) is 3.92. The van der Waals surface area contributed by atoms with Crippen LogP contribution >= 0.6 is 0 Å². The third kappa shape index (κ3) is 5.99. The highest BCUT2D eigenvalue weighted by atomic mass is 16.5. The average Bonchev–Trinajstić information content (AvgIpc) is 3.25. The molecular weight excluding hydrogens is 516 g/mol. The Morgan fingerprint density at radius 3 is 2.33 bits per heavy atom. The largest absolute Gasteiger partial charge is 0.493 e. The summed E-state index contributed by atoms with van der Waals surface area (Å²) in [5.74, 6) is -1.47. The summed E-state index contributed by atoms with van der Waals surface area (Å²) in [7, 11) is 4.21. The topological polar surface area (TPSA) is 141 Å². The molecule has 11 nitrogen and oxygen atoms in total. The van der Waals surface area contributed by atoms with Crippen molar-refractivity contribution in [2.24, 2.45) is 10.2 Å². The summed E-state index contributed by atoms with van der Waals surface area (Å²) < 4.78 is 16.6. The van der Waals surface area contributed by atoms with Crippen LogP contribution in [0.5, 0.6) is 17.4 Å². The van der Waals surface area contributed by atoms with Crippen molar-refractivity contribution in [2.45, 2.75) is 6.54 Å². The molecule has 0 bridgehead atoms. The highest BCUT2D eigenvalue weighted by molar-refractivity contribution is 6.06. The van der Waals surface area contributed by atoms with Crippen molar-refractivity contribution in [2.75, 3.05) is 21.3 Å². The quantitative estimate of drug-likeness (QED) is 0.179. The number of hydrogen-bond donors (Lipinski definition) is 2. The lowest BCUT2D eigenvalue weighted by molar-refractivity contribution is -0.141. The number of aromatic hydroxyl groups is 1. The summed E-state index contributed by atoms with van der Waals surface area (Å²) in [6.07, 6.45) is 1.42. The van der Waals surface area contributed by atoms with E-state index in [9.17, 15) is 19.5 Å². The van der Waals surface area contributed by atoms with Gasteiger partial charge in [-0.1, -0.05) is 42.5 Å². The van der Waals surface area contributed by atoms with Crippen LogP contribution in [-0.2, 0) is 20.9 Å². The van der Waals surface area contributed by atoms with Gasteiger partial charge in [0, 0.05) is 10.9 Å². The number of ether oxygens (including phenoxy) is 3. The second kappa shape index (κ2) is 12.4. The van der Waals surface area contributed by atoms with Crippen molar-refractivity contribution in [3.63, 3.8) is 0 Å². The maximum atomic E-state index is 13.3. The molecule has 2 N–H and O–H groups in total. The normalized spacial score (nSPS) is 11.4. The second-order valence-corrected chi connectivity index (χ2v) is 8.35. The number of aromatic nitrogens is 1. The van der Waals surface area contributed by atoms with Gasteiger partial charge in [0.15, 0.2) is 17.2 Å². The Kier molecular flexibility index (Phi) is 8.55. The Bertz CT molecular complexity index is 1620. The van der Waals surface area contributed by atoms with Gasteiger partial charge in [-0.15, -0.1) is 10.2 Å². The minimum absolute atomic E-state index is 0.0206. The molecule has 0 aliphatic rings. The first-order chi connectivity index (χ1) is 19.4. The smallest absolute Gasteiger partial charge is 0.325 e. The van der Waals surface area contributed by atoms with Crippen LogP contribution in [0, 0.1) is 0 Å². The lowest BCUT2D eigenvalue weighted by Crippen LogP contribution is -2.26. The summed E-state index contributed by atoms with van der Waals surface area (Å²) in [6.45, 7) is -0.274. The van der Waals surface area contributed by atoms with Gasteiger partial charge in [0.05, 0.1) is 26.8 Å². The minimum atomic E-state index is -0.886. The Balaban J connectivity index is 1.73. The van der Waals surface area contributed by atoms with Crippen molar-refractivity contribution in [1.82, 2.24) is 9.88 Å². The van der Waals surface area contributed by atoms with E-state index in [4.69, 9.17) is 14.2 Å². The van der Waals surface area contributed by atoms with Crippen molar-refractivity contribution in [3.8, 4) is 17.4 Å². The van der Waals surface area contributed by atoms with Gasteiger partial charge < -0.3 is 24.6 Å². The third-order valence-corrected chi connectivity index (χ3v) is 5.91. The van der Waals surface area contributed by atoms with Gasteiger partial charge in [-0.3, -0.25) is 19.0 Å². The number of amides is 2. The number of fused-ring (bicyclic) bond motifs is 1. The van der Waals surface area contributed by atoms with E-state index in [0.29, 0.717) is 33.5 Å².